The van der Waals surface area contributed by atoms with Crippen LogP contribution in [0.15, 0.2) is 42.5 Å². The molecule has 0 saturated heterocycles. The molecule has 2 aromatic carbocycles. The monoisotopic (exact) mass is 351 g/mol. The number of ether oxygens (including phenoxy) is 1. The van der Waals surface area contributed by atoms with E-state index >= 15 is 0 Å². The fourth-order valence-corrected chi connectivity index (χ4v) is 2.64. The van der Waals surface area contributed by atoms with Crippen molar-refractivity contribution in [1.82, 2.24) is 5.32 Å². The summed E-state index contributed by atoms with van der Waals surface area (Å²) in [6.45, 7) is 3.53. The third kappa shape index (κ3) is 4.82. The minimum Gasteiger partial charge on any atom is -0.461 e. The molecule has 0 amide bonds. The predicted molar refractivity (Wildman–Crippen MR) is 89.7 cm³/mol. The van der Waals surface area contributed by atoms with Gasteiger partial charge >= 0.3 is 12.1 Å². The Balaban J connectivity index is 2.65. The molecule has 0 radical (unpaired) electrons. The van der Waals surface area contributed by atoms with Crippen molar-refractivity contribution in [2.45, 2.75) is 33.2 Å². The first kappa shape index (κ1) is 19.0. The number of hydrogen-bond donors (Lipinski definition) is 1. The Morgan fingerprint density at radius 3 is 2.36 bits per heavy atom. The van der Waals surface area contributed by atoms with E-state index in [1.165, 1.54) is 13.0 Å². The second-order valence-electron chi connectivity index (χ2n) is 5.55. The Bertz CT molecular complexity index is 727. The van der Waals surface area contributed by atoms with E-state index in [9.17, 15) is 18.0 Å². The summed E-state index contributed by atoms with van der Waals surface area (Å²) in [6, 6.07) is 11.5. The van der Waals surface area contributed by atoms with Crippen molar-refractivity contribution in [3.05, 3.63) is 59.2 Å². The standard InChI is InChI=1S/C19H20F3NO2/c1-3-23-11-15-9-10-16(14-7-5-4-6-8-14)18(19(20,21)22)17(15)12-25-13(2)24/h4-10,23H,3,11-12H2,1-2H3. The SMILES string of the molecule is CCNCc1ccc(-c2ccccc2)c(C(F)(F)F)c1COC(C)=O. The van der Waals surface area contributed by atoms with Gasteiger partial charge in [0.05, 0.1) is 5.56 Å². The number of alkyl halides is 3. The van der Waals surface area contributed by atoms with E-state index in [1.807, 2.05) is 6.92 Å². The molecular weight excluding hydrogens is 331 g/mol. The number of rotatable bonds is 6. The summed E-state index contributed by atoms with van der Waals surface area (Å²) in [6.07, 6.45) is -4.57. The molecule has 0 saturated carbocycles. The smallest absolute Gasteiger partial charge is 0.417 e. The molecule has 0 heterocycles. The van der Waals surface area contributed by atoms with Gasteiger partial charge in [-0.05, 0) is 23.2 Å². The van der Waals surface area contributed by atoms with Crippen molar-refractivity contribution in [1.29, 1.82) is 0 Å². The Hall–Kier alpha value is -2.34. The number of halogens is 3. The van der Waals surface area contributed by atoms with E-state index in [0.29, 0.717) is 17.7 Å². The quantitative estimate of drug-likeness (QED) is 0.776. The molecule has 0 aliphatic heterocycles. The highest BCUT2D eigenvalue weighted by molar-refractivity contribution is 5.71. The van der Waals surface area contributed by atoms with Gasteiger partial charge in [-0.25, -0.2) is 0 Å². The van der Waals surface area contributed by atoms with Gasteiger partial charge in [-0.3, -0.25) is 4.79 Å². The van der Waals surface area contributed by atoms with Crippen LogP contribution in [0.4, 0.5) is 13.2 Å². The summed E-state index contributed by atoms with van der Waals surface area (Å²) >= 11 is 0. The van der Waals surface area contributed by atoms with Crippen molar-refractivity contribution >= 4 is 5.97 Å². The Labute approximate surface area is 144 Å². The van der Waals surface area contributed by atoms with Gasteiger partial charge in [-0.1, -0.05) is 49.4 Å². The number of carbonyl (C=O) groups excluding carboxylic acids is 1. The van der Waals surface area contributed by atoms with Gasteiger partial charge in [0.15, 0.2) is 0 Å². The first-order valence-corrected chi connectivity index (χ1v) is 7.96. The first-order valence-electron chi connectivity index (χ1n) is 7.96. The average Bonchev–Trinajstić information content (AvgIpc) is 2.57. The van der Waals surface area contributed by atoms with E-state index < -0.39 is 24.3 Å². The molecular formula is C19H20F3NO2. The molecule has 6 heteroatoms. The molecule has 25 heavy (non-hydrogen) atoms. The Morgan fingerprint density at radius 2 is 1.80 bits per heavy atom. The van der Waals surface area contributed by atoms with Crippen molar-refractivity contribution in [3.63, 3.8) is 0 Å². The summed E-state index contributed by atoms with van der Waals surface area (Å²) in [5, 5.41) is 3.02. The largest absolute Gasteiger partial charge is 0.461 e. The Kier molecular flexibility index (Phi) is 6.20. The van der Waals surface area contributed by atoms with Crippen molar-refractivity contribution < 1.29 is 22.7 Å². The van der Waals surface area contributed by atoms with Gasteiger partial charge in [0.2, 0.25) is 0 Å². The molecule has 0 fully saturated rings. The first-order chi connectivity index (χ1) is 11.8. The lowest BCUT2D eigenvalue weighted by Crippen LogP contribution is -2.19. The van der Waals surface area contributed by atoms with Crippen molar-refractivity contribution in [2.75, 3.05) is 6.54 Å². The summed E-state index contributed by atoms with van der Waals surface area (Å²) in [5.41, 5.74) is 0.250. The number of esters is 1. The maximum atomic E-state index is 13.9. The van der Waals surface area contributed by atoms with Crippen LogP contribution in [0.5, 0.6) is 0 Å². The molecule has 0 aromatic heterocycles. The van der Waals surface area contributed by atoms with Gasteiger partial charge in [-0.2, -0.15) is 13.2 Å². The predicted octanol–water partition coefficient (Wildman–Crippen LogP) is 4.55. The van der Waals surface area contributed by atoms with E-state index in [0.717, 1.165) is 0 Å². The van der Waals surface area contributed by atoms with E-state index in [1.54, 1.807) is 36.4 Å². The molecule has 0 spiro atoms. The highest BCUT2D eigenvalue weighted by atomic mass is 19.4. The summed E-state index contributed by atoms with van der Waals surface area (Å²) in [4.78, 5) is 11.1. The van der Waals surface area contributed by atoms with Gasteiger partial charge in [0.25, 0.3) is 0 Å². The highest BCUT2D eigenvalue weighted by Crippen LogP contribution is 2.41. The summed E-state index contributed by atoms with van der Waals surface area (Å²) in [7, 11) is 0. The third-order valence-corrected chi connectivity index (χ3v) is 3.76. The number of carbonyl (C=O) groups is 1. The fourth-order valence-electron chi connectivity index (χ4n) is 2.64. The third-order valence-electron chi connectivity index (χ3n) is 3.76. The minimum absolute atomic E-state index is 0.00926. The van der Waals surface area contributed by atoms with Crippen LogP contribution < -0.4 is 5.32 Å². The van der Waals surface area contributed by atoms with Crippen LogP contribution in [-0.2, 0) is 28.9 Å². The fraction of sp³-hybridized carbons (Fsp3) is 0.316. The van der Waals surface area contributed by atoms with Gasteiger partial charge in [-0.15, -0.1) is 0 Å². The molecule has 134 valence electrons. The molecule has 0 aliphatic rings. The topological polar surface area (TPSA) is 38.3 Å². The number of benzene rings is 2. The van der Waals surface area contributed by atoms with Crippen LogP contribution in [0.25, 0.3) is 11.1 Å². The van der Waals surface area contributed by atoms with E-state index in [2.05, 4.69) is 5.32 Å². The lowest BCUT2D eigenvalue weighted by molar-refractivity contribution is -0.145. The van der Waals surface area contributed by atoms with Gasteiger partial charge < -0.3 is 10.1 Å². The van der Waals surface area contributed by atoms with Gasteiger partial charge in [0.1, 0.15) is 6.61 Å². The zero-order valence-corrected chi connectivity index (χ0v) is 14.1. The van der Waals surface area contributed by atoms with E-state index in [-0.39, 0.29) is 17.7 Å². The van der Waals surface area contributed by atoms with Crippen LogP contribution in [-0.4, -0.2) is 12.5 Å². The van der Waals surface area contributed by atoms with Gasteiger partial charge in [0, 0.05) is 19.0 Å². The molecule has 0 aliphatic carbocycles. The molecule has 3 nitrogen and oxygen atoms in total. The second kappa shape index (κ2) is 8.16. The van der Waals surface area contributed by atoms with Crippen LogP contribution in [0.1, 0.15) is 30.5 Å². The zero-order chi connectivity index (χ0) is 18.4. The average molecular weight is 351 g/mol. The number of hydrogen-bond acceptors (Lipinski definition) is 3. The molecule has 2 rings (SSSR count). The molecule has 2 aromatic rings. The van der Waals surface area contributed by atoms with Crippen LogP contribution in [0, 0.1) is 0 Å². The molecule has 0 unspecified atom stereocenters. The van der Waals surface area contributed by atoms with Crippen molar-refractivity contribution in [3.8, 4) is 11.1 Å². The van der Waals surface area contributed by atoms with Crippen LogP contribution in [0.3, 0.4) is 0 Å². The molecule has 0 atom stereocenters. The van der Waals surface area contributed by atoms with E-state index in [4.69, 9.17) is 4.74 Å². The lowest BCUT2D eigenvalue weighted by atomic mass is 9.91. The zero-order valence-electron chi connectivity index (χ0n) is 14.1. The maximum absolute atomic E-state index is 13.9. The van der Waals surface area contributed by atoms with Crippen molar-refractivity contribution in [2.24, 2.45) is 0 Å². The molecule has 1 N–H and O–H groups in total. The van der Waals surface area contributed by atoms with Crippen LogP contribution >= 0.6 is 0 Å². The minimum atomic E-state index is -4.57. The second-order valence-corrected chi connectivity index (χ2v) is 5.55. The number of nitrogens with one attached hydrogen (secondary N) is 1. The molecule has 0 bridgehead atoms. The summed E-state index contributed by atoms with van der Waals surface area (Å²) in [5.74, 6) is -0.618. The highest BCUT2D eigenvalue weighted by Gasteiger charge is 2.37. The summed E-state index contributed by atoms with van der Waals surface area (Å²) < 4.78 is 46.5. The Morgan fingerprint density at radius 1 is 1.12 bits per heavy atom. The normalized spacial score (nSPS) is 11.4. The van der Waals surface area contributed by atoms with Crippen LogP contribution in [0.2, 0.25) is 0 Å². The lowest BCUT2D eigenvalue weighted by Gasteiger charge is -2.21. The maximum Gasteiger partial charge on any atom is 0.417 e.